The highest BCUT2D eigenvalue weighted by atomic mass is 19.1. The van der Waals surface area contributed by atoms with Crippen molar-refractivity contribution in [2.75, 3.05) is 0 Å². The average molecular weight is 251 g/mol. The van der Waals surface area contributed by atoms with Crippen molar-refractivity contribution in [2.45, 2.75) is 25.9 Å². The summed E-state index contributed by atoms with van der Waals surface area (Å²) in [6.07, 6.45) is 1.57. The summed E-state index contributed by atoms with van der Waals surface area (Å²) in [4.78, 5) is 0. The first-order chi connectivity index (χ1) is 8.59. The van der Waals surface area contributed by atoms with Crippen molar-refractivity contribution in [3.05, 3.63) is 59.6 Å². The minimum absolute atomic E-state index is 0.0518. The quantitative estimate of drug-likeness (QED) is 0.889. The third-order valence-corrected chi connectivity index (χ3v) is 2.90. The van der Waals surface area contributed by atoms with E-state index >= 15 is 0 Å². The Morgan fingerprint density at radius 3 is 2.22 bits per heavy atom. The summed E-state index contributed by atoms with van der Waals surface area (Å²) in [6, 6.07) is 6.92. The second-order valence-corrected chi connectivity index (χ2v) is 4.26. The van der Waals surface area contributed by atoms with E-state index in [0.717, 1.165) is 5.76 Å². The summed E-state index contributed by atoms with van der Waals surface area (Å²) >= 11 is 0. The summed E-state index contributed by atoms with van der Waals surface area (Å²) in [7, 11) is 0. The zero-order valence-corrected chi connectivity index (χ0v) is 10.3. The standard InChI is InChI=1S/C14H15F2NO/c1-9(13-7-4-8-18-13)17-10(2)14-11(15)5-3-6-12(14)16/h3-10,17H,1-2H3. The monoisotopic (exact) mass is 251 g/mol. The van der Waals surface area contributed by atoms with Gasteiger partial charge in [0.2, 0.25) is 0 Å². The van der Waals surface area contributed by atoms with Crippen LogP contribution in [0.15, 0.2) is 41.0 Å². The van der Waals surface area contributed by atoms with E-state index in [1.807, 2.05) is 13.0 Å². The topological polar surface area (TPSA) is 25.2 Å². The Labute approximate surface area is 105 Å². The van der Waals surface area contributed by atoms with Gasteiger partial charge in [-0.1, -0.05) is 6.07 Å². The number of furan rings is 1. The summed E-state index contributed by atoms with van der Waals surface area (Å²) in [5.74, 6) is -0.345. The molecule has 4 heteroatoms. The second-order valence-electron chi connectivity index (χ2n) is 4.26. The molecular formula is C14H15F2NO. The molecule has 0 bridgehead atoms. The third kappa shape index (κ3) is 2.59. The van der Waals surface area contributed by atoms with Gasteiger partial charge in [0.1, 0.15) is 17.4 Å². The van der Waals surface area contributed by atoms with E-state index in [0.29, 0.717) is 0 Å². The third-order valence-electron chi connectivity index (χ3n) is 2.90. The summed E-state index contributed by atoms with van der Waals surface area (Å²) in [6.45, 7) is 3.61. The Bertz CT molecular complexity index is 490. The number of halogens is 2. The number of rotatable bonds is 4. The maximum absolute atomic E-state index is 13.6. The maximum Gasteiger partial charge on any atom is 0.130 e. The van der Waals surface area contributed by atoms with Crippen LogP contribution in [0.2, 0.25) is 0 Å². The molecule has 18 heavy (non-hydrogen) atoms. The summed E-state index contributed by atoms with van der Waals surface area (Å²) in [5.41, 5.74) is 0.0518. The van der Waals surface area contributed by atoms with Crippen LogP contribution in [-0.2, 0) is 0 Å². The van der Waals surface area contributed by atoms with E-state index in [2.05, 4.69) is 5.32 Å². The van der Waals surface area contributed by atoms with Gasteiger partial charge >= 0.3 is 0 Å². The van der Waals surface area contributed by atoms with Crippen molar-refractivity contribution in [3.63, 3.8) is 0 Å². The molecular weight excluding hydrogens is 236 g/mol. The lowest BCUT2D eigenvalue weighted by molar-refractivity contribution is 0.390. The van der Waals surface area contributed by atoms with E-state index < -0.39 is 17.7 Å². The van der Waals surface area contributed by atoms with E-state index in [4.69, 9.17) is 4.42 Å². The highest BCUT2D eigenvalue weighted by Crippen LogP contribution is 2.23. The number of hydrogen-bond acceptors (Lipinski definition) is 2. The molecule has 1 heterocycles. The van der Waals surface area contributed by atoms with Gasteiger partial charge in [0.25, 0.3) is 0 Å². The first-order valence-electron chi connectivity index (χ1n) is 5.83. The molecule has 0 saturated carbocycles. The van der Waals surface area contributed by atoms with Gasteiger partial charge in [0, 0.05) is 11.6 Å². The van der Waals surface area contributed by atoms with Gasteiger partial charge in [-0.3, -0.25) is 0 Å². The minimum atomic E-state index is -0.540. The number of benzene rings is 1. The van der Waals surface area contributed by atoms with Gasteiger partial charge < -0.3 is 9.73 Å². The zero-order chi connectivity index (χ0) is 13.1. The molecule has 0 aliphatic rings. The Morgan fingerprint density at radius 1 is 1.00 bits per heavy atom. The Kier molecular flexibility index (Phi) is 3.77. The predicted molar refractivity (Wildman–Crippen MR) is 65.0 cm³/mol. The fraction of sp³-hybridized carbons (Fsp3) is 0.286. The largest absolute Gasteiger partial charge is 0.468 e. The highest BCUT2D eigenvalue weighted by molar-refractivity contribution is 5.23. The van der Waals surface area contributed by atoms with Crippen molar-refractivity contribution in [3.8, 4) is 0 Å². The molecule has 2 unspecified atom stereocenters. The van der Waals surface area contributed by atoms with Crippen molar-refractivity contribution < 1.29 is 13.2 Å². The van der Waals surface area contributed by atoms with Gasteiger partial charge in [0.15, 0.2) is 0 Å². The first kappa shape index (κ1) is 12.8. The molecule has 0 radical (unpaired) electrons. The lowest BCUT2D eigenvalue weighted by Crippen LogP contribution is -2.23. The minimum Gasteiger partial charge on any atom is -0.468 e. The van der Waals surface area contributed by atoms with Gasteiger partial charge in [-0.05, 0) is 38.1 Å². The average Bonchev–Trinajstić information content (AvgIpc) is 2.81. The molecule has 96 valence electrons. The lowest BCUT2D eigenvalue weighted by Gasteiger charge is -2.19. The van der Waals surface area contributed by atoms with Crippen molar-refractivity contribution in [1.29, 1.82) is 0 Å². The van der Waals surface area contributed by atoms with Crippen molar-refractivity contribution in [2.24, 2.45) is 0 Å². The van der Waals surface area contributed by atoms with Crippen LogP contribution in [0.1, 0.15) is 37.3 Å². The molecule has 2 atom stereocenters. The van der Waals surface area contributed by atoms with Gasteiger partial charge in [-0.15, -0.1) is 0 Å². The summed E-state index contributed by atoms with van der Waals surface area (Å²) < 4.78 is 32.4. The fourth-order valence-corrected chi connectivity index (χ4v) is 2.00. The molecule has 0 amide bonds. The maximum atomic E-state index is 13.6. The molecule has 2 rings (SSSR count). The van der Waals surface area contributed by atoms with Crippen LogP contribution < -0.4 is 5.32 Å². The van der Waals surface area contributed by atoms with Crippen LogP contribution in [0.4, 0.5) is 8.78 Å². The highest BCUT2D eigenvalue weighted by Gasteiger charge is 2.19. The normalized spacial score (nSPS) is 14.4. The van der Waals surface area contributed by atoms with E-state index in [1.54, 1.807) is 19.3 Å². The van der Waals surface area contributed by atoms with Gasteiger partial charge in [-0.2, -0.15) is 0 Å². The molecule has 2 aromatic rings. The van der Waals surface area contributed by atoms with Crippen LogP contribution >= 0.6 is 0 Å². The van der Waals surface area contributed by atoms with E-state index in [1.165, 1.54) is 18.2 Å². The van der Waals surface area contributed by atoms with Crippen LogP contribution in [-0.4, -0.2) is 0 Å². The van der Waals surface area contributed by atoms with Crippen molar-refractivity contribution >= 4 is 0 Å². The predicted octanol–water partition coefficient (Wildman–Crippen LogP) is 3.97. The SMILES string of the molecule is CC(NC(C)c1c(F)cccc1F)c1ccco1. The molecule has 1 aromatic heterocycles. The number of nitrogens with one attached hydrogen (secondary N) is 1. The van der Waals surface area contributed by atoms with Gasteiger partial charge in [0.05, 0.1) is 12.3 Å². The molecule has 0 saturated heterocycles. The second kappa shape index (κ2) is 5.31. The van der Waals surface area contributed by atoms with Crippen molar-refractivity contribution in [1.82, 2.24) is 5.32 Å². The van der Waals surface area contributed by atoms with Crippen LogP contribution in [0.3, 0.4) is 0 Å². The molecule has 2 nitrogen and oxygen atoms in total. The molecule has 0 aliphatic carbocycles. The van der Waals surface area contributed by atoms with E-state index in [-0.39, 0.29) is 11.6 Å². The van der Waals surface area contributed by atoms with E-state index in [9.17, 15) is 8.78 Å². The molecule has 0 fully saturated rings. The molecule has 0 aliphatic heterocycles. The van der Waals surface area contributed by atoms with Gasteiger partial charge in [-0.25, -0.2) is 8.78 Å². The number of hydrogen-bond donors (Lipinski definition) is 1. The first-order valence-corrected chi connectivity index (χ1v) is 5.83. The Balaban J connectivity index is 2.15. The molecule has 1 aromatic carbocycles. The summed E-state index contributed by atoms with van der Waals surface area (Å²) in [5, 5.41) is 3.11. The fourth-order valence-electron chi connectivity index (χ4n) is 2.00. The lowest BCUT2D eigenvalue weighted by atomic mass is 10.1. The Morgan fingerprint density at radius 2 is 1.67 bits per heavy atom. The van der Waals surface area contributed by atoms with Crippen LogP contribution in [0, 0.1) is 11.6 Å². The Hall–Kier alpha value is -1.68. The molecule has 1 N–H and O–H groups in total. The van der Waals surface area contributed by atoms with Crippen LogP contribution in [0.25, 0.3) is 0 Å². The van der Waals surface area contributed by atoms with Crippen LogP contribution in [0.5, 0.6) is 0 Å². The smallest absolute Gasteiger partial charge is 0.130 e. The zero-order valence-electron chi connectivity index (χ0n) is 10.3. The molecule has 0 spiro atoms.